The second kappa shape index (κ2) is 8.73. The van der Waals surface area contributed by atoms with Crippen molar-refractivity contribution in [2.24, 2.45) is 23.5 Å². The number of halogens is 1. The van der Waals surface area contributed by atoms with E-state index >= 15 is 0 Å². The molecule has 7 heteroatoms. The van der Waals surface area contributed by atoms with Gasteiger partial charge in [0, 0.05) is 30.6 Å². The summed E-state index contributed by atoms with van der Waals surface area (Å²) in [4.78, 5) is 23.9. The highest BCUT2D eigenvalue weighted by atomic mass is 35.5. The Morgan fingerprint density at radius 3 is 2.38 bits per heavy atom. The van der Waals surface area contributed by atoms with E-state index < -0.39 is 0 Å². The number of fused-ring (bicyclic) bond motifs is 2. The van der Waals surface area contributed by atoms with Crippen molar-refractivity contribution < 1.29 is 14.3 Å². The highest BCUT2D eigenvalue weighted by Gasteiger charge is 2.40. The zero-order valence-corrected chi connectivity index (χ0v) is 16.1. The molecule has 2 fully saturated rings. The lowest BCUT2D eigenvalue weighted by Crippen LogP contribution is -2.48. The first-order valence-corrected chi connectivity index (χ1v) is 9.00. The normalized spacial score (nSPS) is 27.0. The molecule has 2 saturated carbocycles. The lowest BCUT2D eigenvalue weighted by Gasteiger charge is -2.43. The number of carbonyl (C=O) groups is 2. The van der Waals surface area contributed by atoms with E-state index in [-0.39, 0.29) is 36.2 Å². The van der Waals surface area contributed by atoms with E-state index in [0.29, 0.717) is 29.0 Å². The minimum atomic E-state index is -0.149. The number of nitrogens with one attached hydrogen (secondary N) is 2. The minimum Gasteiger partial charge on any atom is -0.494 e. The summed E-state index contributed by atoms with van der Waals surface area (Å²) in [5.74, 6) is 1.36. The Kier molecular flexibility index (Phi) is 6.89. The third kappa shape index (κ3) is 4.48. The molecule has 2 unspecified atom stereocenters. The minimum absolute atomic E-state index is 0. The zero-order valence-electron chi connectivity index (χ0n) is 15.3. The molecule has 1 aromatic carbocycles. The van der Waals surface area contributed by atoms with Crippen molar-refractivity contribution in [3.63, 3.8) is 0 Å². The van der Waals surface area contributed by atoms with Crippen LogP contribution in [0.3, 0.4) is 0 Å². The van der Waals surface area contributed by atoms with Crippen LogP contribution >= 0.6 is 12.4 Å². The predicted molar refractivity (Wildman–Crippen MR) is 105 cm³/mol. The van der Waals surface area contributed by atoms with Gasteiger partial charge in [-0.3, -0.25) is 9.59 Å². The molecule has 0 radical (unpaired) electrons. The van der Waals surface area contributed by atoms with Crippen LogP contribution in [0.5, 0.6) is 5.75 Å². The van der Waals surface area contributed by atoms with Crippen LogP contribution in [0.1, 0.15) is 39.0 Å². The summed E-state index contributed by atoms with van der Waals surface area (Å²) in [7, 11) is 1.55. The van der Waals surface area contributed by atoms with Gasteiger partial charge < -0.3 is 21.1 Å². The Bertz CT molecular complexity index is 653. The van der Waals surface area contributed by atoms with Crippen LogP contribution in [0.2, 0.25) is 0 Å². The lowest BCUT2D eigenvalue weighted by atomic mass is 9.65. The molecule has 6 nitrogen and oxygen atoms in total. The number of hydrogen-bond acceptors (Lipinski definition) is 4. The topological polar surface area (TPSA) is 93.5 Å². The number of methoxy groups -OCH3 is 1. The van der Waals surface area contributed by atoms with Crippen molar-refractivity contribution in [3.8, 4) is 5.75 Å². The summed E-state index contributed by atoms with van der Waals surface area (Å²) in [6.45, 7) is 1.45. The summed E-state index contributed by atoms with van der Waals surface area (Å²) < 4.78 is 5.36. The molecular weight excluding hydrogens is 354 g/mol. The molecule has 2 atom stereocenters. The van der Waals surface area contributed by atoms with Crippen LogP contribution < -0.4 is 21.1 Å². The van der Waals surface area contributed by atoms with Crippen molar-refractivity contribution in [2.45, 2.75) is 45.1 Å². The Morgan fingerprint density at radius 2 is 1.81 bits per heavy atom. The Labute approximate surface area is 160 Å². The van der Waals surface area contributed by atoms with E-state index in [9.17, 15) is 9.59 Å². The SMILES string of the molecule is COc1cc(NC(C)=O)ccc1NC(=O)C1CC2CCCC(C1)C2N.Cl. The molecule has 0 heterocycles. The van der Waals surface area contributed by atoms with E-state index in [2.05, 4.69) is 10.6 Å². The molecule has 26 heavy (non-hydrogen) atoms. The molecule has 0 saturated heterocycles. The number of carbonyl (C=O) groups excluding carboxylic acids is 2. The fourth-order valence-corrected chi connectivity index (χ4v) is 4.31. The first-order valence-electron chi connectivity index (χ1n) is 9.00. The highest BCUT2D eigenvalue weighted by Crippen LogP contribution is 2.42. The van der Waals surface area contributed by atoms with Crippen molar-refractivity contribution >= 4 is 35.6 Å². The molecule has 2 aliphatic rings. The van der Waals surface area contributed by atoms with E-state index in [4.69, 9.17) is 10.5 Å². The van der Waals surface area contributed by atoms with Crippen LogP contribution in [-0.4, -0.2) is 25.0 Å². The number of benzene rings is 1. The summed E-state index contributed by atoms with van der Waals surface area (Å²) in [6, 6.07) is 5.48. The van der Waals surface area contributed by atoms with E-state index in [0.717, 1.165) is 25.7 Å². The lowest BCUT2D eigenvalue weighted by molar-refractivity contribution is -0.122. The van der Waals surface area contributed by atoms with Crippen molar-refractivity contribution in [3.05, 3.63) is 18.2 Å². The molecule has 144 valence electrons. The number of anilines is 2. The van der Waals surface area contributed by atoms with Gasteiger partial charge in [0.2, 0.25) is 11.8 Å². The zero-order chi connectivity index (χ0) is 18.0. The summed E-state index contributed by atoms with van der Waals surface area (Å²) in [5, 5.41) is 5.71. The van der Waals surface area contributed by atoms with Crippen molar-refractivity contribution in [1.82, 2.24) is 0 Å². The quantitative estimate of drug-likeness (QED) is 0.746. The Morgan fingerprint density at radius 1 is 1.15 bits per heavy atom. The molecule has 2 amide bonds. The van der Waals surface area contributed by atoms with E-state index in [1.54, 1.807) is 25.3 Å². The molecule has 0 aromatic heterocycles. The van der Waals surface area contributed by atoms with Gasteiger partial charge in [-0.25, -0.2) is 0 Å². The molecule has 1 aromatic rings. The number of rotatable bonds is 4. The van der Waals surface area contributed by atoms with Crippen LogP contribution in [0.4, 0.5) is 11.4 Å². The fraction of sp³-hybridized carbons (Fsp3) is 0.579. The summed E-state index contributed by atoms with van der Waals surface area (Å²) >= 11 is 0. The van der Waals surface area contributed by atoms with Gasteiger partial charge in [-0.1, -0.05) is 6.42 Å². The number of amides is 2. The second-order valence-electron chi connectivity index (χ2n) is 7.28. The number of hydrogen-bond donors (Lipinski definition) is 3. The number of ether oxygens (including phenoxy) is 1. The van der Waals surface area contributed by atoms with Gasteiger partial charge in [0.15, 0.2) is 0 Å². The van der Waals surface area contributed by atoms with Gasteiger partial charge in [-0.05, 0) is 49.7 Å². The van der Waals surface area contributed by atoms with Gasteiger partial charge >= 0.3 is 0 Å². The first kappa shape index (κ1) is 20.5. The van der Waals surface area contributed by atoms with Crippen LogP contribution in [0.15, 0.2) is 18.2 Å². The van der Waals surface area contributed by atoms with Gasteiger partial charge in [-0.2, -0.15) is 0 Å². The summed E-state index contributed by atoms with van der Waals surface area (Å²) in [5.41, 5.74) is 7.58. The van der Waals surface area contributed by atoms with Gasteiger partial charge in [0.25, 0.3) is 0 Å². The molecule has 2 bridgehead atoms. The van der Waals surface area contributed by atoms with Gasteiger partial charge in [0.05, 0.1) is 12.8 Å². The van der Waals surface area contributed by atoms with Crippen LogP contribution in [0, 0.1) is 17.8 Å². The maximum absolute atomic E-state index is 12.8. The maximum Gasteiger partial charge on any atom is 0.227 e. The molecular formula is C19H28ClN3O3. The molecule has 2 aliphatic carbocycles. The molecule has 0 aliphatic heterocycles. The van der Waals surface area contributed by atoms with E-state index in [1.807, 2.05) is 0 Å². The largest absolute Gasteiger partial charge is 0.494 e. The summed E-state index contributed by atoms with van der Waals surface area (Å²) in [6.07, 6.45) is 5.24. The maximum atomic E-state index is 12.8. The van der Waals surface area contributed by atoms with Gasteiger partial charge in [-0.15, -0.1) is 12.4 Å². The average molecular weight is 382 g/mol. The first-order chi connectivity index (χ1) is 12.0. The molecule has 4 N–H and O–H groups in total. The molecule has 3 rings (SSSR count). The smallest absolute Gasteiger partial charge is 0.227 e. The number of nitrogens with two attached hydrogens (primary N) is 1. The predicted octanol–water partition coefficient (Wildman–Crippen LogP) is 3.17. The van der Waals surface area contributed by atoms with Gasteiger partial charge in [0.1, 0.15) is 5.75 Å². The Balaban J connectivity index is 0.00000243. The average Bonchev–Trinajstić information content (AvgIpc) is 2.55. The van der Waals surface area contributed by atoms with Crippen LogP contribution in [-0.2, 0) is 9.59 Å². The van der Waals surface area contributed by atoms with Crippen molar-refractivity contribution in [2.75, 3.05) is 17.7 Å². The molecule has 0 spiro atoms. The standard InChI is InChI=1S/C19H27N3O3.ClH/c1-11(23)21-15-6-7-16(17(10-15)25-2)22-19(24)14-8-12-4-3-5-13(9-14)18(12)20;/h6-7,10,12-14,18H,3-5,8-9,20H2,1-2H3,(H,21,23)(H,22,24);1H. The third-order valence-electron chi connectivity index (χ3n) is 5.56. The Hall–Kier alpha value is -1.79. The highest BCUT2D eigenvalue weighted by molar-refractivity contribution is 5.95. The third-order valence-corrected chi connectivity index (χ3v) is 5.56. The van der Waals surface area contributed by atoms with Crippen molar-refractivity contribution in [1.29, 1.82) is 0 Å². The van der Waals surface area contributed by atoms with Crippen LogP contribution in [0.25, 0.3) is 0 Å². The fourth-order valence-electron chi connectivity index (χ4n) is 4.31. The van der Waals surface area contributed by atoms with E-state index in [1.165, 1.54) is 13.3 Å². The second-order valence-corrected chi connectivity index (χ2v) is 7.28. The monoisotopic (exact) mass is 381 g/mol.